The number of aryl methyl sites for hydroxylation is 1. The van der Waals surface area contributed by atoms with Gasteiger partial charge in [0.05, 0.1) is 6.33 Å². The second-order valence-electron chi connectivity index (χ2n) is 2.95. The molecule has 0 aromatic carbocycles. The van der Waals surface area contributed by atoms with Gasteiger partial charge in [0.15, 0.2) is 0 Å². The molecule has 3 heteroatoms. The summed E-state index contributed by atoms with van der Waals surface area (Å²) in [7, 11) is 0. The molecule has 1 aromatic rings. The summed E-state index contributed by atoms with van der Waals surface area (Å²) >= 11 is 0. The van der Waals surface area contributed by atoms with Crippen molar-refractivity contribution in [3.05, 3.63) is 40.6 Å². The van der Waals surface area contributed by atoms with Crippen LogP contribution in [-0.4, -0.2) is 9.55 Å². The first-order chi connectivity index (χ1) is 5.59. The van der Waals surface area contributed by atoms with E-state index in [1.165, 1.54) is 10.6 Å². The first-order valence-electron chi connectivity index (χ1n) is 3.77. The molecule has 1 heterocycles. The molecule has 0 saturated carbocycles. The number of aromatic nitrogens is 2. The van der Waals surface area contributed by atoms with Crippen LogP contribution in [0.25, 0.3) is 0 Å². The Hall–Kier alpha value is -1.38. The van der Waals surface area contributed by atoms with Gasteiger partial charge in [0.1, 0.15) is 0 Å². The zero-order chi connectivity index (χ0) is 9.14. The molecule has 0 bridgehead atoms. The molecule has 0 radical (unpaired) electrons. The van der Waals surface area contributed by atoms with Gasteiger partial charge >= 0.3 is 0 Å². The number of rotatable bonds is 2. The Labute approximate surface area is 71.4 Å². The Balaban J connectivity index is 3.02. The van der Waals surface area contributed by atoms with Gasteiger partial charge in [-0.05, 0) is 13.8 Å². The van der Waals surface area contributed by atoms with Crippen LogP contribution in [0.15, 0.2) is 29.3 Å². The zero-order valence-corrected chi connectivity index (χ0v) is 7.37. The minimum Gasteiger partial charge on any atom is -0.295 e. The minimum absolute atomic E-state index is 0.0227. The fraction of sp³-hybridized carbons (Fsp3) is 0.333. The highest BCUT2D eigenvalue weighted by molar-refractivity contribution is 4.98. The Morgan fingerprint density at radius 3 is 2.92 bits per heavy atom. The van der Waals surface area contributed by atoms with E-state index in [4.69, 9.17) is 0 Å². The van der Waals surface area contributed by atoms with Gasteiger partial charge in [-0.1, -0.05) is 12.2 Å². The maximum Gasteiger partial charge on any atom is 0.253 e. The maximum absolute atomic E-state index is 11.3. The van der Waals surface area contributed by atoms with Crippen LogP contribution in [0.1, 0.15) is 12.6 Å². The number of hydrogen-bond donors (Lipinski definition) is 0. The van der Waals surface area contributed by atoms with E-state index in [9.17, 15) is 4.79 Å². The Morgan fingerprint density at radius 2 is 2.42 bits per heavy atom. The molecule has 64 valence electrons. The molecule has 0 atom stereocenters. The smallest absolute Gasteiger partial charge is 0.253 e. The molecule has 0 aliphatic heterocycles. The zero-order valence-electron chi connectivity index (χ0n) is 7.37. The van der Waals surface area contributed by atoms with E-state index in [2.05, 4.69) is 11.6 Å². The lowest BCUT2D eigenvalue weighted by atomic mass is 10.3. The van der Waals surface area contributed by atoms with Crippen LogP contribution < -0.4 is 5.56 Å². The summed E-state index contributed by atoms with van der Waals surface area (Å²) in [6, 6.07) is 1.52. The van der Waals surface area contributed by atoms with Crippen LogP contribution in [0.3, 0.4) is 0 Å². The molecule has 0 saturated heterocycles. The van der Waals surface area contributed by atoms with Crippen LogP contribution in [0, 0.1) is 6.92 Å². The number of hydrogen-bond acceptors (Lipinski definition) is 2. The Bertz CT molecular complexity index is 352. The third-order valence-corrected chi connectivity index (χ3v) is 1.46. The van der Waals surface area contributed by atoms with Crippen molar-refractivity contribution in [3.63, 3.8) is 0 Å². The van der Waals surface area contributed by atoms with E-state index in [0.717, 1.165) is 11.3 Å². The molecule has 0 amide bonds. The quantitative estimate of drug-likeness (QED) is 0.614. The largest absolute Gasteiger partial charge is 0.295 e. The van der Waals surface area contributed by atoms with Gasteiger partial charge in [0, 0.05) is 18.3 Å². The van der Waals surface area contributed by atoms with Gasteiger partial charge in [-0.25, -0.2) is 4.98 Å². The standard InChI is InChI=1S/C9H12N2O/c1-7(2)5-11-6-10-8(3)4-9(11)12/h4,6H,1,5H2,2-3H3. The van der Waals surface area contributed by atoms with Gasteiger partial charge < -0.3 is 0 Å². The maximum atomic E-state index is 11.3. The van der Waals surface area contributed by atoms with Crippen molar-refractivity contribution >= 4 is 0 Å². The first kappa shape index (κ1) is 8.71. The highest BCUT2D eigenvalue weighted by Crippen LogP contribution is 1.91. The third kappa shape index (κ3) is 2.05. The second kappa shape index (κ2) is 3.34. The van der Waals surface area contributed by atoms with Crippen molar-refractivity contribution in [2.24, 2.45) is 0 Å². The number of nitrogens with zero attached hydrogens (tertiary/aromatic N) is 2. The highest BCUT2D eigenvalue weighted by atomic mass is 16.1. The molecule has 1 rings (SSSR count). The highest BCUT2D eigenvalue weighted by Gasteiger charge is 1.95. The molecule has 1 aromatic heterocycles. The molecule has 0 aliphatic rings. The van der Waals surface area contributed by atoms with Gasteiger partial charge in [-0.2, -0.15) is 0 Å². The van der Waals surface area contributed by atoms with Crippen molar-refractivity contribution in [1.82, 2.24) is 9.55 Å². The van der Waals surface area contributed by atoms with E-state index in [-0.39, 0.29) is 5.56 Å². The Morgan fingerprint density at radius 1 is 1.75 bits per heavy atom. The van der Waals surface area contributed by atoms with E-state index < -0.39 is 0 Å². The molecule has 3 nitrogen and oxygen atoms in total. The van der Waals surface area contributed by atoms with Crippen molar-refractivity contribution in [1.29, 1.82) is 0 Å². The molecule has 0 N–H and O–H groups in total. The van der Waals surface area contributed by atoms with Gasteiger partial charge in [0.25, 0.3) is 5.56 Å². The first-order valence-corrected chi connectivity index (χ1v) is 3.77. The van der Waals surface area contributed by atoms with Gasteiger partial charge in [-0.3, -0.25) is 9.36 Å². The molecule has 0 spiro atoms. The molecule has 0 unspecified atom stereocenters. The van der Waals surface area contributed by atoms with Crippen molar-refractivity contribution in [2.45, 2.75) is 20.4 Å². The van der Waals surface area contributed by atoms with Gasteiger partial charge in [0.2, 0.25) is 0 Å². The van der Waals surface area contributed by atoms with E-state index in [1.54, 1.807) is 13.3 Å². The monoisotopic (exact) mass is 164 g/mol. The molecule has 0 aliphatic carbocycles. The molecule has 0 fully saturated rings. The average molecular weight is 164 g/mol. The predicted molar refractivity (Wildman–Crippen MR) is 48.0 cm³/mol. The topological polar surface area (TPSA) is 34.9 Å². The SMILES string of the molecule is C=C(C)Cn1cnc(C)cc1=O. The van der Waals surface area contributed by atoms with Crippen molar-refractivity contribution in [3.8, 4) is 0 Å². The predicted octanol–water partition coefficient (Wildman–Crippen LogP) is 1.13. The second-order valence-corrected chi connectivity index (χ2v) is 2.95. The van der Waals surface area contributed by atoms with Gasteiger partial charge in [-0.15, -0.1) is 0 Å². The van der Waals surface area contributed by atoms with E-state index in [0.29, 0.717) is 6.54 Å². The summed E-state index contributed by atoms with van der Waals surface area (Å²) in [6.45, 7) is 7.95. The van der Waals surface area contributed by atoms with Crippen LogP contribution >= 0.6 is 0 Å². The normalized spacial score (nSPS) is 9.83. The average Bonchev–Trinajstić information content (AvgIpc) is 1.94. The molecule has 12 heavy (non-hydrogen) atoms. The van der Waals surface area contributed by atoms with E-state index in [1.807, 2.05) is 6.92 Å². The van der Waals surface area contributed by atoms with Crippen molar-refractivity contribution < 1.29 is 0 Å². The summed E-state index contributed by atoms with van der Waals surface area (Å²) in [5, 5.41) is 0. The fourth-order valence-electron chi connectivity index (χ4n) is 0.926. The number of allylic oxidation sites excluding steroid dienone is 1. The summed E-state index contributed by atoms with van der Waals surface area (Å²) in [4.78, 5) is 15.3. The third-order valence-electron chi connectivity index (χ3n) is 1.46. The van der Waals surface area contributed by atoms with E-state index >= 15 is 0 Å². The van der Waals surface area contributed by atoms with Crippen LogP contribution in [0.4, 0.5) is 0 Å². The van der Waals surface area contributed by atoms with Crippen LogP contribution in [-0.2, 0) is 6.54 Å². The summed E-state index contributed by atoms with van der Waals surface area (Å²) in [6.07, 6.45) is 1.55. The molecular weight excluding hydrogens is 152 g/mol. The lowest BCUT2D eigenvalue weighted by molar-refractivity contribution is 0.721. The van der Waals surface area contributed by atoms with Crippen molar-refractivity contribution in [2.75, 3.05) is 0 Å². The minimum atomic E-state index is -0.0227. The lowest BCUT2D eigenvalue weighted by Crippen LogP contribution is -2.20. The molecular formula is C9H12N2O. The summed E-state index contributed by atoms with van der Waals surface area (Å²) in [5.74, 6) is 0. The fourth-order valence-corrected chi connectivity index (χ4v) is 0.926. The summed E-state index contributed by atoms with van der Waals surface area (Å²) in [5.41, 5.74) is 1.67. The van der Waals surface area contributed by atoms with Crippen LogP contribution in [0.5, 0.6) is 0 Å². The summed E-state index contributed by atoms with van der Waals surface area (Å²) < 4.78 is 1.54. The van der Waals surface area contributed by atoms with Crippen LogP contribution in [0.2, 0.25) is 0 Å². The lowest BCUT2D eigenvalue weighted by Gasteiger charge is -2.03. The Kier molecular flexibility index (Phi) is 2.43.